The maximum absolute atomic E-state index is 11.6. The molecule has 0 aliphatic heterocycles. The normalized spacial score (nSPS) is 11.8. The summed E-state index contributed by atoms with van der Waals surface area (Å²) >= 11 is 11.9. The van der Waals surface area contributed by atoms with E-state index in [0.717, 1.165) is 5.56 Å². The van der Waals surface area contributed by atoms with Crippen molar-refractivity contribution in [3.05, 3.63) is 27.7 Å². The van der Waals surface area contributed by atoms with Gasteiger partial charge in [-0.25, -0.2) is 4.79 Å². The van der Waals surface area contributed by atoms with Crippen LogP contribution in [0.4, 0.5) is 10.5 Å². The summed E-state index contributed by atoms with van der Waals surface area (Å²) in [5, 5.41) is 14.4. The van der Waals surface area contributed by atoms with E-state index >= 15 is 0 Å². The number of rotatable bonds is 4. The molecule has 0 saturated carbocycles. The highest BCUT2D eigenvalue weighted by molar-refractivity contribution is 6.36. The van der Waals surface area contributed by atoms with E-state index in [0.29, 0.717) is 15.7 Å². The number of aryl methyl sites for hydroxylation is 1. The standard InChI is InChI=1S/C12H14Cl2N2O3/c1-6-3-9(14)10(5-8(6)13)16-12(19)15-7(2)4-11(17)18/h3,5,7H,4H2,1-2H3,(H,17,18)(H2,15,16,19). The lowest BCUT2D eigenvalue weighted by Crippen LogP contribution is -2.37. The summed E-state index contributed by atoms with van der Waals surface area (Å²) in [6, 6.07) is 2.16. The molecule has 7 heteroatoms. The second-order valence-electron chi connectivity index (χ2n) is 4.18. The molecule has 0 radical (unpaired) electrons. The number of anilines is 1. The van der Waals surface area contributed by atoms with Crippen molar-refractivity contribution >= 4 is 40.9 Å². The van der Waals surface area contributed by atoms with E-state index in [1.54, 1.807) is 26.0 Å². The SMILES string of the molecule is Cc1cc(Cl)c(NC(=O)NC(C)CC(=O)O)cc1Cl. The molecule has 1 aromatic carbocycles. The van der Waals surface area contributed by atoms with Gasteiger partial charge in [0.05, 0.1) is 17.1 Å². The molecule has 0 saturated heterocycles. The van der Waals surface area contributed by atoms with E-state index in [1.165, 1.54) is 0 Å². The fraction of sp³-hybridized carbons (Fsp3) is 0.333. The fourth-order valence-corrected chi connectivity index (χ4v) is 1.87. The molecule has 0 fully saturated rings. The number of carbonyl (C=O) groups is 2. The maximum Gasteiger partial charge on any atom is 0.319 e. The third kappa shape index (κ3) is 4.96. The topological polar surface area (TPSA) is 78.4 Å². The average Bonchev–Trinajstić information content (AvgIpc) is 2.24. The summed E-state index contributed by atoms with van der Waals surface area (Å²) in [4.78, 5) is 22.1. The number of carboxylic acid groups (broad SMARTS) is 1. The van der Waals surface area contributed by atoms with Crippen molar-refractivity contribution in [1.29, 1.82) is 0 Å². The number of aliphatic carboxylic acids is 1. The highest BCUT2D eigenvalue weighted by Gasteiger charge is 2.12. The van der Waals surface area contributed by atoms with Crippen LogP contribution in [-0.2, 0) is 4.79 Å². The van der Waals surface area contributed by atoms with E-state index in [4.69, 9.17) is 28.3 Å². The lowest BCUT2D eigenvalue weighted by molar-refractivity contribution is -0.137. The monoisotopic (exact) mass is 304 g/mol. The lowest BCUT2D eigenvalue weighted by atomic mass is 10.2. The van der Waals surface area contributed by atoms with Crippen LogP contribution >= 0.6 is 23.2 Å². The molecule has 104 valence electrons. The molecule has 5 nitrogen and oxygen atoms in total. The zero-order valence-electron chi connectivity index (χ0n) is 10.5. The smallest absolute Gasteiger partial charge is 0.319 e. The summed E-state index contributed by atoms with van der Waals surface area (Å²) in [6.45, 7) is 3.39. The average molecular weight is 305 g/mol. The number of amides is 2. The zero-order valence-corrected chi connectivity index (χ0v) is 12.0. The largest absolute Gasteiger partial charge is 0.481 e. The van der Waals surface area contributed by atoms with Crippen molar-refractivity contribution in [2.45, 2.75) is 26.3 Å². The zero-order chi connectivity index (χ0) is 14.6. The Kier molecular flexibility index (Phi) is 5.44. The Bertz CT molecular complexity index is 506. The van der Waals surface area contributed by atoms with Crippen molar-refractivity contribution in [2.75, 3.05) is 5.32 Å². The molecule has 0 spiro atoms. The number of carbonyl (C=O) groups excluding carboxylic acids is 1. The van der Waals surface area contributed by atoms with Crippen LogP contribution in [0.5, 0.6) is 0 Å². The number of hydrogen-bond donors (Lipinski definition) is 3. The van der Waals surface area contributed by atoms with Gasteiger partial charge in [0, 0.05) is 11.1 Å². The summed E-state index contributed by atoms with van der Waals surface area (Å²) in [7, 11) is 0. The summed E-state index contributed by atoms with van der Waals surface area (Å²) < 4.78 is 0. The molecule has 0 bridgehead atoms. The molecule has 1 unspecified atom stereocenters. The van der Waals surface area contributed by atoms with Crippen LogP contribution in [-0.4, -0.2) is 23.1 Å². The second-order valence-corrected chi connectivity index (χ2v) is 4.99. The van der Waals surface area contributed by atoms with Crippen LogP contribution in [0, 0.1) is 6.92 Å². The van der Waals surface area contributed by atoms with E-state index < -0.39 is 18.0 Å². The van der Waals surface area contributed by atoms with Crippen molar-refractivity contribution in [3.63, 3.8) is 0 Å². The summed E-state index contributed by atoms with van der Waals surface area (Å²) in [6.07, 6.45) is -0.157. The fourth-order valence-electron chi connectivity index (χ4n) is 1.44. The van der Waals surface area contributed by atoms with Crippen LogP contribution < -0.4 is 10.6 Å². The van der Waals surface area contributed by atoms with Gasteiger partial charge in [-0.1, -0.05) is 23.2 Å². The van der Waals surface area contributed by atoms with Crippen LogP contribution in [0.3, 0.4) is 0 Å². The Balaban J connectivity index is 2.67. The lowest BCUT2D eigenvalue weighted by Gasteiger charge is -2.14. The number of hydrogen-bond acceptors (Lipinski definition) is 2. The first-order valence-corrected chi connectivity index (χ1v) is 6.30. The van der Waals surface area contributed by atoms with Crippen LogP contribution in [0.25, 0.3) is 0 Å². The van der Waals surface area contributed by atoms with Crippen molar-refractivity contribution in [3.8, 4) is 0 Å². The number of nitrogens with one attached hydrogen (secondary N) is 2. The first-order chi connectivity index (χ1) is 8.79. The van der Waals surface area contributed by atoms with Crippen LogP contribution in [0.1, 0.15) is 18.9 Å². The number of halogens is 2. The van der Waals surface area contributed by atoms with Crippen molar-refractivity contribution in [1.82, 2.24) is 5.32 Å². The second kappa shape index (κ2) is 6.63. The molecule has 1 atom stereocenters. The van der Waals surface area contributed by atoms with E-state index in [9.17, 15) is 9.59 Å². The molecular formula is C12H14Cl2N2O3. The third-order valence-corrected chi connectivity index (χ3v) is 3.07. The van der Waals surface area contributed by atoms with Gasteiger partial charge in [0.1, 0.15) is 0 Å². The first-order valence-electron chi connectivity index (χ1n) is 5.54. The van der Waals surface area contributed by atoms with Gasteiger partial charge in [0.15, 0.2) is 0 Å². The van der Waals surface area contributed by atoms with E-state index in [-0.39, 0.29) is 6.42 Å². The molecule has 0 heterocycles. The molecule has 19 heavy (non-hydrogen) atoms. The molecule has 0 aliphatic rings. The van der Waals surface area contributed by atoms with Gasteiger partial charge in [-0.3, -0.25) is 4.79 Å². The third-order valence-electron chi connectivity index (χ3n) is 2.35. The van der Waals surface area contributed by atoms with Crippen LogP contribution in [0.2, 0.25) is 10.0 Å². The van der Waals surface area contributed by atoms with Gasteiger partial charge in [-0.15, -0.1) is 0 Å². The van der Waals surface area contributed by atoms with Crippen molar-refractivity contribution in [2.24, 2.45) is 0 Å². The highest BCUT2D eigenvalue weighted by atomic mass is 35.5. The van der Waals surface area contributed by atoms with Gasteiger partial charge >= 0.3 is 12.0 Å². The number of urea groups is 1. The Hall–Kier alpha value is -1.46. The molecule has 1 rings (SSSR count). The molecule has 1 aromatic rings. The Morgan fingerprint density at radius 1 is 1.32 bits per heavy atom. The minimum atomic E-state index is -0.982. The predicted octanol–water partition coefficient (Wildman–Crippen LogP) is 3.29. The number of benzene rings is 1. The minimum absolute atomic E-state index is 0.157. The van der Waals surface area contributed by atoms with Gasteiger partial charge in [0.2, 0.25) is 0 Å². The van der Waals surface area contributed by atoms with Gasteiger partial charge in [-0.05, 0) is 31.5 Å². The molecule has 0 aromatic heterocycles. The minimum Gasteiger partial charge on any atom is -0.481 e. The maximum atomic E-state index is 11.6. The first kappa shape index (κ1) is 15.6. The van der Waals surface area contributed by atoms with Gasteiger partial charge < -0.3 is 15.7 Å². The Morgan fingerprint density at radius 2 is 1.95 bits per heavy atom. The highest BCUT2D eigenvalue weighted by Crippen LogP contribution is 2.28. The van der Waals surface area contributed by atoms with Crippen molar-refractivity contribution < 1.29 is 14.7 Å². The Morgan fingerprint density at radius 3 is 2.53 bits per heavy atom. The molecule has 2 amide bonds. The van der Waals surface area contributed by atoms with E-state index in [1.807, 2.05) is 0 Å². The molecular weight excluding hydrogens is 291 g/mol. The Labute approximate surface area is 120 Å². The molecule has 3 N–H and O–H groups in total. The van der Waals surface area contributed by atoms with Crippen LogP contribution in [0.15, 0.2) is 12.1 Å². The van der Waals surface area contributed by atoms with E-state index in [2.05, 4.69) is 10.6 Å². The predicted molar refractivity (Wildman–Crippen MR) is 75.1 cm³/mol. The quantitative estimate of drug-likeness (QED) is 0.798. The summed E-state index contributed by atoms with van der Waals surface area (Å²) in [5.74, 6) is -0.982. The molecule has 0 aliphatic carbocycles. The number of carboxylic acids is 1. The summed E-state index contributed by atoms with van der Waals surface area (Å²) in [5.41, 5.74) is 1.18. The van der Waals surface area contributed by atoms with Gasteiger partial charge in [-0.2, -0.15) is 0 Å². The van der Waals surface area contributed by atoms with Gasteiger partial charge in [0.25, 0.3) is 0 Å².